The SMILES string of the molecule is Nc1cc2c(cc1C(=O)C=P(c1ccccc1)(c1ccccc1)c1ccccc1)OCO2. The molecule has 32 heavy (non-hydrogen) atoms. The molecule has 4 nitrogen and oxygen atoms in total. The predicted molar refractivity (Wildman–Crippen MR) is 133 cm³/mol. The van der Waals surface area contributed by atoms with Gasteiger partial charge in [0.15, 0.2) is 17.3 Å². The standard InChI is InChI=1S/C27H22NO3P/c28-24-17-27-26(30-19-31-27)16-23(24)25(29)18-32(20-10-4-1-5-11-20,21-12-6-2-7-13-21)22-14-8-3-9-15-22/h1-18H,19,28H2. The van der Waals surface area contributed by atoms with Gasteiger partial charge in [0.05, 0.1) is 0 Å². The van der Waals surface area contributed by atoms with Crippen molar-refractivity contribution in [3.8, 4) is 11.5 Å². The average molecular weight is 439 g/mol. The molecule has 5 heteroatoms. The van der Waals surface area contributed by atoms with Gasteiger partial charge in [0.2, 0.25) is 6.79 Å². The first-order valence-electron chi connectivity index (χ1n) is 10.3. The number of carbonyl (C=O) groups excluding carboxylic acids is 1. The zero-order valence-electron chi connectivity index (χ0n) is 17.3. The Morgan fingerprint density at radius 3 is 1.62 bits per heavy atom. The lowest BCUT2D eigenvalue weighted by Gasteiger charge is -2.28. The molecule has 4 aromatic carbocycles. The van der Waals surface area contributed by atoms with Crippen LogP contribution in [0.15, 0.2) is 103 Å². The van der Waals surface area contributed by atoms with Crippen molar-refractivity contribution in [2.75, 3.05) is 12.5 Å². The average Bonchev–Trinajstić information content (AvgIpc) is 3.31. The molecule has 0 aromatic heterocycles. The van der Waals surface area contributed by atoms with Crippen molar-refractivity contribution in [3.05, 3.63) is 109 Å². The number of nitrogens with two attached hydrogens (primary N) is 1. The molecule has 0 saturated carbocycles. The fourth-order valence-electron chi connectivity index (χ4n) is 4.08. The Morgan fingerprint density at radius 2 is 1.16 bits per heavy atom. The van der Waals surface area contributed by atoms with E-state index in [1.807, 2.05) is 60.4 Å². The number of fused-ring (bicyclic) bond motifs is 1. The third kappa shape index (κ3) is 3.49. The summed E-state index contributed by atoms with van der Waals surface area (Å²) in [5.74, 6) is 2.85. The van der Waals surface area contributed by atoms with Gasteiger partial charge in [0.1, 0.15) is 0 Å². The highest BCUT2D eigenvalue weighted by atomic mass is 31.2. The molecule has 0 bridgehead atoms. The number of carbonyl (C=O) groups is 1. The van der Waals surface area contributed by atoms with E-state index in [1.165, 1.54) is 0 Å². The molecule has 0 atom stereocenters. The van der Waals surface area contributed by atoms with Crippen LogP contribution in [0.25, 0.3) is 0 Å². The van der Waals surface area contributed by atoms with E-state index in [9.17, 15) is 4.79 Å². The quantitative estimate of drug-likeness (QED) is 0.290. The number of benzene rings is 4. The van der Waals surface area contributed by atoms with Crippen LogP contribution in [-0.2, 0) is 0 Å². The minimum Gasteiger partial charge on any atom is -0.454 e. The number of anilines is 1. The second-order valence-electron chi connectivity index (χ2n) is 7.52. The predicted octanol–water partition coefficient (Wildman–Crippen LogP) is 3.98. The lowest BCUT2D eigenvalue weighted by atomic mass is 10.1. The lowest BCUT2D eigenvalue weighted by Crippen LogP contribution is -2.28. The van der Waals surface area contributed by atoms with Gasteiger partial charge in [-0.1, -0.05) is 91.0 Å². The van der Waals surface area contributed by atoms with Gasteiger partial charge in [-0.25, -0.2) is 0 Å². The maximum Gasteiger partial charge on any atom is 0.231 e. The summed E-state index contributed by atoms with van der Waals surface area (Å²) in [6.07, 6.45) is 0. The van der Waals surface area contributed by atoms with E-state index in [4.69, 9.17) is 15.2 Å². The summed E-state index contributed by atoms with van der Waals surface area (Å²) in [4.78, 5) is 13.8. The van der Waals surface area contributed by atoms with Crippen LogP contribution >= 0.6 is 6.89 Å². The van der Waals surface area contributed by atoms with Gasteiger partial charge >= 0.3 is 0 Å². The molecule has 0 unspecified atom stereocenters. The van der Waals surface area contributed by atoms with Crippen molar-refractivity contribution in [1.82, 2.24) is 0 Å². The fourth-order valence-corrected chi connectivity index (χ4v) is 7.84. The van der Waals surface area contributed by atoms with Crippen LogP contribution in [0.3, 0.4) is 0 Å². The monoisotopic (exact) mass is 439 g/mol. The Balaban J connectivity index is 1.81. The largest absolute Gasteiger partial charge is 0.454 e. The first-order valence-corrected chi connectivity index (χ1v) is 12.2. The highest BCUT2D eigenvalue weighted by Gasteiger charge is 2.28. The summed E-state index contributed by atoms with van der Waals surface area (Å²) in [6, 6.07) is 34.0. The van der Waals surface area contributed by atoms with Crippen LogP contribution in [0.2, 0.25) is 0 Å². The van der Waals surface area contributed by atoms with Crippen molar-refractivity contribution in [3.63, 3.8) is 0 Å². The highest BCUT2D eigenvalue weighted by molar-refractivity contribution is 7.95. The van der Waals surface area contributed by atoms with E-state index in [2.05, 4.69) is 36.4 Å². The normalized spacial score (nSPS) is 12.4. The van der Waals surface area contributed by atoms with Gasteiger partial charge in [-0.15, -0.1) is 0 Å². The number of nitrogen functional groups attached to an aromatic ring is 1. The van der Waals surface area contributed by atoms with E-state index in [-0.39, 0.29) is 12.6 Å². The molecule has 0 radical (unpaired) electrons. The van der Waals surface area contributed by atoms with Crippen molar-refractivity contribution in [2.24, 2.45) is 0 Å². The molecular formula is C27H22NO3P. The molecule has 4 aromatic rings. The van der Waals surface area contributed by atoms with Crippen molar-refractivity contribution in [2.45, 2.75) is 0 Å². The Hall–Kier alpha value is -3.75. The number of ether oxygens (including phenoxy) is 2. The molecule has 0 fully saturated rings. The Morgan fingerprint density at radius 1 is 0.719 bits per heavy atom. The first kappa shape index (κ1) is 20.2. The summed E-state index contributed by atoms with van der Waals surface area (Å²) in [5, 5.41) is 3.31. The molecule has 158 valence electrons. The van der Waals surface area contributed by atoms with Gasteiger partial charge in [-0.3, -0.25) is 4.79 Å². The Labute approximate surface area is 187 Å². The molecule has 5 rings (SSSR count). The van der Waals surface area contributed by atoms with Crippen LogP contribution in [0.4, 0.5) is 5.69 Å². The molecular weight excluding hydrogens is 417 g/mol. The molecule has 1 aliphatic rings. The fraction of sp³-hybridized carbons (Fsp3) is 0.0370. The van der Waals surface area contributed by atoms with E-state index in [1.54, 1.807) is 12.1 Å². The smallest absolute Gasteiger partial charge is 0.231 e. The van der Waals surface area contributed by atoms with E-state index < -0.39 is 6.89 Å². The van der Waals surface area contributed by atoms with Crippen molar-refractivity contribution in [1.29, 1.82) is 0 Å². The highest BCUT2D eigenvalue weighted by Crippen LogP contribution is 2.44. The second kappa shape index (κ2) is 8.41. The summed E-state index contributed by atoms with van der Waals surface area (Å²) in [5.41, 5.74) is 7.06. The van der Waals surface area contributed by atoms with E-state index in [0.29, 0.717) is 22.7 Å². The molecule has 1 aliphatic heterocycles. The van der Waals surface area contributed by atoms with Gasteiger partial charge in [-0.2, -0.15) is 0 Å². The molecule has 2 N–H and O–H groups in total. The lowest BCUT2D eigenvalue weighted by molar-refractivity contribution is 0.107. The van der Waals surface area contributed by atoms with E-state index in [0.717, 1.165) is 15.9 Å². The minimum atomic E-state index is -2.42. The molecule has 1 heterocycles. The van der Waals surface area contributed by atoms with Crippen LogP contribution in [0.1, 0.15) is 10.4 Å². The summed E-state index contributed by atoms with van der Waals surface area (Å²) in [7, 11) is 0. The topological polar surface area (TPSA) is 61.6 Å². The maximum atomic E-state index is 13.8. The zero-order valence-corrected chi connectivity index (χ0v) is 18.2. The Kier molecular flexibility index (Phi) is 5.30. The van der Waals surface area contributed by atoms with Crippen molar-refractivity contribution < 1.29 is 14.3 Å². The van der Waals surface area contributed by atoms with Crippen molar-refractivity contribution >= 4 is 40.1 Å². The second-order valence-corrected chi connectivity index (χ2v) is 10.8. The molecule has 0 saturated heterocycles. The van der Waals surface area contributed by atoms with Crippen LogP contribution in [-0.4, -0.2) is 18.4 Å². The maximum absolute atomic E-state index is 13.8. The number of Topliss-reactive ketones (excluding diaryl/α,β-unsaturated/α-hetero) is 1. The van der Waals surface area contributed by atoms with Gasteiger partial charge < -0.3 is 15.2 Å². The first-order chi connectivity index (χ1) is 15.7. The summed E-state index contributed by atoms with van der Waals surface area (Å²) in [6.45, 7) is -2.29. The molecule has 0 aliphatic carbocycles. The number of rotatable bonds is 5. The number of hydrogen-bond acceptors (Lipinski definition) is 4. The minimum absolute atomic E-state index is 0.130. The van der Waals surface area contributed by atoms with Gasteiger partial charge in [0, 0.05) is 17.3 Å². The molecule has 0 spiro atoms. The van der Waals surface area contributed by atoms with E-state index >= 15 is 0 Å². The van der Waals surface area contributed by atoms with Crippen LogP contribution in [0, 0.1) is 0 Å². The number of hydrogen-bond donors (Lipinski definition) is 1. The summed E-state index contributed by atoms with van der Waals surface area (Å²) < 4.78 is 10.9. The number of ketones is 1. The van der Waals surface area contributed by atoms with Gasteiger partial charge in [-0.05, 0) is 34.7 Å². The Bertz CT molecular complexity index is 1220. The van der Waals surface area contributed by atoms with Crippen LogP contribution in [0.5, 0.6) is 11.5 Å². The summed E-state index contributed by atoms with van der Waals surface area (Å²) >= 11 is 0. The third-order valence-corrected chi connectivity index (χ3v) is 9.57. The zero-order chi connectivity index (χ0) is 22.0. The van der Waals surface area contributed by atoms with Gasteiger partial charge in [0.25, 0.3) is 0 Å². The van der Waals surface area contributed by atoms with Crippen LogP contribution < -0.4 is 31.1 Å². The molecule has 0 amide bonds. The third-order valence-electron chi connectivity index (χ3n) is 5.61.